The van der Waals surface area contributed by atoms with Gasteiger partial charge in [0.2, 0.25) is 0 Å². The number of anilines is 1. The summed E-state index contributed by atoms with van der Waals surface area (Å²) < 4.78 is 6.08. The van der Waals surface area contributed by atoms with E-state index in [1.165, 1.54) is 36.4 Å². The number of hydrogen-bond acceptors (Lipinski definition) is 6. The number of ether oxygens (including phenoxy) is 1. The standard InChI is InChI=1S/C15H15N3O5S/c1-18-6-8(11(17-18)14(20)21)12(19)16-13-10(15(22)23-2)7-4-3-5-9(7)24-13/h6H,3-5H2,1-2H3,(H,16,19)(H,20,21). The molecule has 24 heavy (non-hydrogen) atoms. The van der Waals surface area contributed by atoms with Crippen LogP contribution < -0.4 is 5.32 Å². The third-order valence-corrected chi connectivity index (χ3v) is 5.02. The number of aryl methyl sites for hydroxylation is 2. The Hall–Kier alpha value is -2.68. The minimum Gasteiger partial charge on any atom is -0.476 e. The van der Waals surface area contributed by atoms with Gasteiger partial charge in [0.25, 0.3) is 5.91 Å². The van der Waals surface area contributed by atoms with Gasteiger partial charge in [0, 0.05) is 18.1 Å². The van der Waals surface area contributed by atoms with Crippen LogP contribution in [0.15, 0.2) is 6.20 Å². The van der Waals surface area contributed by atoms with E-state index >= 15 is 0 Å². The van der Waals surface area contributed by atoms with E-state index in [0.29, 0.717) is 10.6 Å². The number of carbonyl (C=O) groups excluding carboxylic acids is 2. The normalized spacial score (nSPS) is 12.8. The van der Waals surface area contributed by atoms with E-state index in [9.17, 15) is 14.4 Å². The molecule has 0 radical (unpaired) electrons. The van der Waals surface area contributed by atoms with Crippen molar-refractivity contribution in [2.24, 2.45) is 7.05 Å². The van der Waals surface area contributed by atoms with Crippen molar-refractivity contribution < 1.29 is 24.2 Å². The van der Waals surface area contributed by atoms with Gasteiger partial charge in [-0.25, -0.2) is 9.59 Å². The van der Waals surface area contributed by atoms with Gasteiger partial charge in [0.05, 0.1) is 18.2 Å². The van der Waals surface area contributed by atoms with Crippen LogP contribution in [0.4, 0.5) is 5.00 Å². The monoisotopic (exact) mass is 349 g/mol. The molecule has 126 valence electrons. The molecular formula is C15H15N3O5S. The van der Waals surface area contributed by atoms with E-state index in [0.717, 1.165) is 29.7 Å². The number of rotatable bonds is 4. The average Bonchev–Trinajstić information content (AvgIpc) is 3.20. The molecule has 0 aliphatic heterocycles. The highest BCUT2D eigenvalue weighted by Crippen LogP contribution is 2.39. The molecule has 0 bridgehead atoms. The fraction of sp³-hybridized carbons (Fsp3) is 0.333. The molecule has 0 spiro atoms. The summed E-state index contributed by atoms with van der Waals surface area (Å²) in [5.74, 6) is -2.41. The number of fused-ring (bicyclic) bond motifs is 1. The number of thiophene rings is 1. The summed E-state index contributed by atoms with van der Waals surface area (Å²) in [4.78, 5) is 36.8. The number of nitrogens with one attached hydrogen (secondary N) is 1. The lowest BCUT2D eigenvalue weighted by Gasteiger charge is -2.06. The van der Waals surface area contributed by atoms with Crippen molar-refractivity contribution >= 4 is 34.2 Å². The number of methoxy groups -OCH3 is 1. The number of carbonyl (C=O) groups is 3. The Morgan fingerprint density at radius 3 is 2.79 bits per heavy atom. The predicted octanol–water partition coefficient (Wildman–Crippen LogP) is 1.71. The molecule has 2 aromatic rings. The van der Waals surface area contributed by atoms with Crippen LogP contribution in [0.5, 0.6) is 0 Å². The quantitative estimate of drug-likeness (QED) is 0.813. The van der Waals surface area contributed by atoms with Gasteiger partial charge in [-0.05, 0) is 24.8 Å². The van der Waals surface area contributed by atoms with Crippen LogP contribution >= 0.6 is 11.3 Å². The molecule has 0 saturated heterocycles. The van der Waals surface area contributed by atoms with Crippen LogP contribution in [0.3, 0.4) is 0 Å². The van der Waals surface area contributed by atoms with E-state index in [4.69, 9.17) is 9.84 Å². The number of carboxylic acid groups (broad SMARTS) is 1. The molecule has 1 aliphatic carbocycles. The molecule has 2 heterocycles. The van der Waals surface area contributed by atoms with Gasteiger partial charge in [-0.15, -0.1) is 11.3 Å². The Bertz CT molecular complexity index is 852. The third kappa shape index (κ3) is 2.67. The molecular weight excluding hydrogens is 334 g/mol. The minimum atomic E-state index is -1.29. The Labute approximate surface area is 141 Å². The first-order chi connectivity index (χ1) is 11.4. The second-order valence-electron chi connectivity index (χ2n) is 5.38. The highest BCUT2D eigenvalue weighted by molar-refractivity contribution is 7.17. The topological polar surface area (TPSA) is 111 Å². The van der Waals surface area contributed by atoms with Crippen molar-refractivity contribution in [3.05, 3.63) is 33.5 Å². The fourth-order valence-electron chi connectivity index (χ4n) is 2.79. The van der Waals surface area contributed by atoms with Crippen molar-refractivity contribution in [2.45, 2.75) is 19.3 Å². The largest absolute Gasteiger partial charge is 0.476 e. The maximum Gasteiger partial charge on any atom is 0.357 e. The lowest BCUT2D eigenvalue weighted by molar-refractivity contribution is 0.0600. The molecule has 3 rings (SSSR count). The maximum atomic E-state index is 12.5. The molecule has 0 fully saturated rings. The van der Waals surface area contributed by atoms with Gasteiger partial charge in [-0.3, -0.25) is 9.48 Å². The summed E-state index contributed by atoms with van der Waals surface area (Å²) >= 11 is 1.33. The van der Waals surface area contributed by atoms with Crippen molar-refractivity contribution in [2.75, 3.05) is 12.4 Å². The lowest BCUT2D eigenvalue weighted by Crippen LogP contribution is -2.17. The van der Waals surface area contributed by atoms with Crippen LogP contribution in [0, 0.1) is 0 Å². The van der Waals surface area contributed by atoms with E-state index in [1.54, 1.807) is 0 Å². The lowest BCUT2D eigenvalue weighted by atomic mass is 10.1. The number of carboxylic acids is 1. The number of esters is 1. The van der Waals surface area contributed by atoms with Gasteiger partial charge in [-0.1, -0.05) is 0 Å². The molecule has 1 aliphatic rings. The van der Waals surface area contributed by atoms with Gasteiger partial charge >= 0.3 is 11.9 Å². The van der Waals surface area contributed by atoms with Crippen molar-refractivity contribution in [1.82, 2.24) is 9.78 Å². The van der Waals surface area contributed by atoms with Crippen molar-refractivity contribution in [3.63, 3.8) is 0 Å². The average molecular weight is 349 g/mol. The molecule has 8 nitrogen and oxygen atoms in total. The zero-order chi connectivity index (χ0) is 17.4. The summed E-state index contributed by atoms with van der Waals surface area (Å²) in [5, 5.41) is 15.9. The Kier molecular flexibility index (Phi) is 4.10. The van der Waals surface area contributed by atoms with Crippen LogP contribution in [-0.4, -0.2) is 39.8 Å². The molecule has 9 heteroatoms. The zero-order valence-corrected chi connectivity index (χ0v) is 13.9. The maximum absolute atomic E-state index is 12.5. The van der Waals surface area contributed by atoms with E-state index in [1.807, 2.05) is 0 Å². The number of hydrogen-bond donors (Lipinski definition) is 2. The molecule has 0 atom stereocenters. The molecule has 1 amide bonds. The number of nitrogens with zero attached hydrogens (tertiary/aromatic N) is 2. The van der Waals surface area contributed by atoms with Crippen LogP contribution in [0.1, 0.15) is 48.1 Å². The molecule has 0 aromatic carbocycles. The first-order valence-corrected chi connectivity index (χ1v) is 8.05. The van der Waals surface area contributed by atoms with Gasteiger partial charge in [0.15, 0.2) is 5.69 Å². The molecule has 0 unspecified atom stereocenters. The van der Waals surface area contributed by atoms with Crippen LogP contribution in [0.2, 0.25) is 0 Å². The Balaban J connectivity index is 1.96. The summed E-state index contributed by atoms with van der Waals surface area (Å²) in [7, 11) is 2.82. The fourth-order valence-corrected chi connectivity index (χ4v) is 4.07. The summed E-state index contributed by atoms with van der Waals surface area (Å²) in [5.41, 5.74) is 0.879. The summed E-state index contributed by atoms with van der Waals surface area (Å²) in [6.45, 7) is 0. The van der Waals surface area contributed by atoms with E-state index < -0.39 is 17.8 Å². The van der Waals surface area contributed by atoms with Gasteiger partial charge in [-0.2, -0.15) is 5.10 Å². The number of aromatic carboxylic acids is 1. The summed E-state index contributed by atoms with van der Waals surface area (Å²) in [6, 6.07) is 0. The second kappa shape index (κ2) is 6.08. The highest BCUT2D eigenvalue weighted by Gasteiger charge is 2.29. The predicted molar refractivity (Wildman–Crippen MR) is 85.8 cm³/mol. The summed E-state index contributed by atoms with van der Waals surface area (Å²) in [6.07, 6.45) is 3.91. The second-order valence-corrected chi connectivity index (χ2v) is 6.48. The van der Waals surface area contributed by atoms with Crippen LogP contribution in [0.25, 0.3) is 0 Å². The van der Waals surface area contributed by atoms with Gasteiger partial charge < -0.3 is 15.2 Å². The minimum absolute atomic E-state index is 0.0608. The van der Waals surface area contributed by atoms with Crippen LogP contribution in [-0.2, 0) is 24.6 Å². The smallest absolute Gasteiger partial charge is 0.357 e. The number of amides is 1. The third-order valence-electron chi connectivity index (χ3n) is 3.81. The highest BCUT2D eigenvalue weighted by atomic mass is 32.1. The van der Waals surface area contributed by atoms with Crippen molar-refractivity contribution in [1.29, 1.82) is 0 Å². The van der Waals surface area contributed by atoms with Gasteiger partial charge in [0.1, 0.15) is 5.00 Å². The molecule has 2 N–H and O–H groups in total. The number of aromatic nitrogens is 2. The SMILES string of the molecule is COC(=O)c1c(NC(=O)c2cn(C)nc2C(=O)O)sc2c1CCC2. The van der Waals surface area contributed by atoms with E-state index in [-0.39, 0.29) is 11.3 Å². The Morgan fingerprint density at radius 1 is 1.38 bits per heavy atom. The van der Waals surface area contributed by atoms with Crippen molar-refractivity contribution in [3.8, 4) is 0 Å². The molecule has 0 saturated carbocycles. The molecule has 2 aromatic heterocycles. The zero-order valence-electron chi connectivity index (χ0n) is 13.1. The first-order valence-electron chi connectivity index (χ1n) is 7.23. The Morgan fingerprint density at radius 2 is 2.12 bits per heavy atom. The first kappa shape index (κ1) is 16.2. The van der Waals surface area contributed by atoms with E-state index in [2.05, 4.69) is 10.4 Å².